The van der Waals surface area contributed by atoms with Crippen LogP contribution in [-0.2, 0) is 4.84 Å². The van der Waals surface area contributed by atoms with Crippen LogP contribution >= 0.6 is 27.5 Å². The standard InChI is InChI=1S/C8H8BrClN2O2/c1-12(14-2)8(13)5-3-11-4-6(9)7(5)10/h3-4H,1-2H3. The highest BCUT2D eigenvalue weighted by Gasteiger charge is 2.16. The van der Waals surface area contributed by atoms with Crippen LogP contribution < -0.4 is 0 Å². The minimum absolute atomic E-state index is 0.297. The number of nitrogens with zero attached hydrogens (tertiary/aromatic N) is 2. The van der Waals surface area contributed by atoms with Gasteiger partial charge in [0.05, 0.1) is 22.2 Å². The monoisotopic (exact) mass is 278 g/mol. The van der Waals surface area contributed by atoms with Gasteiger partial charge in [-0.2, -0.15) is 0 Å². The van der Waals surface area contributed by atoms with Crippen molar-refractivity contribution in [2.45, 2.75) is 0 Å². The van der Waals surface area contributed by atoms with Crippen LogP contribution in [0, 0.1) is 0 Å². The molecular weight excluding hydrogens is 271 g/mol. The number of aromatic nitrogens is 1. The molecule has 1 heterocycles. The van der Waals surface area contributed by atoms with Crippen molar-refractivity contribution in [2.75, 3.05) is 14.2 Å². The first-order valence-corrected chi connectivity index (χ1v) is 4.86. The molecule has 0 spiro atoms. The van der Waals surface area contributed by atoms with Crippen molar-refractivity contribution in [1.29, 1.82) is 0 Å². The number of amides is 1. The Labute approximate surface area is 94.9 Å². The number of carbonyl (C=O) groups excluding carboxylic acids is 1. The fourth-order valence-electron chi connectivity index (χ4n) is 0.821. The molecule has 1 amide bonds. The summed E-state index contributed by atoms with van der Waals surface area (Å²) in [6.45, 7) is 0. The van der Waals surface area contributed by atoms with Gasteiger partial charge in [0.1, 0.15) is 0 Å². The van der Waals surface area contributed by atoms with E-state index < -0.39 is 0 Å². The number of rotatable bonds is 2. The Bertz CT molecular complexity index is 359. The van der Waals surface area contributed by atoms with Crippen molar-refractivity contribution in [3.8, 4) is 0 Å². The van der Waals surface area contributed by atoms with Gasteiger partial charge in [0.25, 0.3) is 5.91 Å². The molecule has 14 heavy (non-hydrogen) atoms. The lowest BCUT2D eigenvalue weighted by Crippen LogP contribution is -2.25. The zero-order chi connectivity index (χ0) is 10.7. The minimum Gasteiger partial charge on any atom is -0.274 e. The van der Waals surface area contributed by atoms with E-state index in [0.717, 1.165) is 5.06 Å². The van der Waals surface area contributed by atoms with E-state index >= 15 is 0 Å². The summed E-state index contributed by atoms with van der Waals surface area (Å²) in [6, 6.07) is 0. The first-order valence-electron chi connectivity index (χ1n) is 3.69. The molecule has 1 aromatic rings. The van der Waals surface area contributed by atoms with Crippen LogP contribution in [0.3, 0.4) is 0 Å². The van der Waals surface area contributed by atoms with Crippen LogP contribution in [-0.4, -0.2) is 30.1 Å². The molecule has 4 nitrogen and oxygen atoms in total. The molecule has 0 saturated carbocycles. The van der Waals surface area contributed by atoms with E-state index in [4.69, 9.17) is 16.4 Å². The SMILES string of the molecule is CON(C)C(=O)c1cncc(Br)c1Cl. The van der Waals surface area contributed by atoms with Crippen LogP contribution in [0.4, 0.5) is 0 Å². The Morgan fingerprint density at radius 1 is 1.64 bits per heavy atom. The lowest BCUT2D eigenvalue weighted by Gasteiger charge is -2.14. The second-order valence-corrected chi connectivity index (χ2v) is 3.70. The third-order valence-electron chi connectivity index (χ3n) is 1.63. The van der Waals surface area contributed by atoms with Crippen molar-refractivity contribution in [3.05, 3.63) is 27.5 Å². The summed E-state index contributed by atoms with van der Waals surface area (Å²) in [7, 11) is 2.90. The zero-order valence-corrected chi connectivity index (χ0v) is 9.96. The van der Waals surface area contributed by atoms with Gasteiger partial charge in [-0.05, 0) is 15.9 Å². The topological polar surface area (TPSA) is 42.4 Å². The predicted molar refractivity (Wildman–Crippen MR) is 56.0 cm³/mol. The maximum absolute atomic E-state index is 11.6. The van der Waals surface area contributed by atoms with Crippen LogP contribution in [0.25, 0.3) is 0 Å². The molecule has 0 aliphatic carbocycles. The summed E-state index contributed by atoms with van der Waals surface area (Å²) < 4.78 is 0.578. The molecule has 76 valence electrons. The van der Waals surface area contributed by atoms with Gasteiger partial charge in [0, 0.05) is 19.4 Å². The molecule has 0 bridgehead atoms. The molecule has 0 aromatic carbocycles. The van der Waals surface area contributed by atoms with E-state index in [2.05, 4.69) is 20.9 Å². The van der Waals surface area contributed by atoms with Crippen molar-refractivity contribution in [1.82, 2.24) is 10.0 Å². The average molecular weight is 280 g/mol. The van der Waals surface area contributed by atoms with Gasteiger partial charge in [-0.25, -0.2) is 5.06 Å². The highest BCUT2D eigenvalue weighted by Crippen LogP contribution is 2.25. The van der Waals surface area contributed by atoms with Crippen molar-refractivity contribution >= 4 is 33.4 Å². The van der Waals surface area contributed by atoms with Crippen LogP contribution in [0.15, 0.2) is 16.9 Å². The Hall–Kier alpha value is -0.650. The summed E-state index contributed by atoms with van der Waals surface area (Å²) in [4.78, 5) is 20.2. The smallest absolute Gasteiger partial charge is 0.274 e. The van der Waals surface area contributed by atoms with Gasteiger partial charge in [-0.15, -0.1) is 0 Å². The molecule has 0 atom stereocenters. The molecule has 0 fully saturated rings. The summed E-state index contributed by atoms with van der Waals surface area (Å²) in [5, 5.41) is 1.41. The fraction of sp³-hybridized carbons (Fsp3) is 0.250. The minimum atomic E-state index is -0.341. The largest absolute Gasteiger partial charge is 0.280 e. The summed E-state index contributed by atoms with van der Waals surface area (Å²) in [5.41, 5.74) is 0.297. The molecule has 6 heteroatoms. The van der Waals surface area contributed by atoms with Crippen LogP contribution in [0.2, 0.25) is 5.02 Å². The second-order valence-electron chi connectivity index (χ2n) is 2.47. The predicted octanol–water partition coefficient (Wildman–Crippen LogP) is 2.13. The van der Waals surface area contributed by atoms with Gasteiger partial charge < -0.3 is 0 Å². The van der Waals surface area contributed by atoms with Crippen LogP contribution in [0.1, 0.15) is 10.4 Å². The number of hydroxylamine groups is 2. The molecule has 0 aliphatic heterocycles. The van der Waals surface area contributed by atoms with E-state index in [1.54, 1.807) is 0 Å². The van der Waals surface area contributed by atoms with E-state index in [0.29, 0.717) is 15.1 Å². The van der Waals surface area contributed by atoms with Crippen LogP contribution in [0.5, 0.6) is 0 Å². The van der Waals surface area contributed by atoms with Gasteiger partial charge >= 0.3 is 0 Å². The quantitative estimate of drug-likeness (QED) is 0.779. The molecular formula is C8H8BrClN2O2. The first kappa shape index (κ1) is 11.4. The molecule has 0 unspecified atom stereocenters. The van der Waals surface area contributed by atoms with Gasteiger partial charge in [-0.1, -0.05) is 11.6 Å². The molecule has 1 aromatic heterocycles. The Kier molecular flexibility index (Phi) is 3.86. The van der Waals surface area contributed by atoms with Crippen molar-refractivity contribution in [2.24, 2.45) is 0 Å². The molecule has 0 N–H and O–H groups in total. The van der Waals surface area contributed by atoms with E-state index in [1.165, 1.54) is 26.6 Å². The molecule has 0 aliphatic rings. The summed E-state index contributed by atoms with van der Waals surface area (Å²) in [5.74, 6) is -0.341. The van der Waals surface area contributed by atoms with E-state index in [9.17, 15) is 4.79 Å². The van der Waals surface area contributed by atoms with Crippen molar-refractivity contribution in [3.63, 3.8) is 0 Å². The number of hydrogen-bond acceptors (Lipinski definition) is 3. The maximum Gasteiger partial charge on any atom is 0.280 e. The normalized spacial score (nSPS) is 10.0. The zero-order valence-electron chi connectivity index (χ0n) is 7.62. The molecule has 0 radical (unpaired) electrons. The fourth-order valence-corrected chi connectivity index (χ4v) is 1.33. The maximum atomic E-state index is 11.6. The summed E-state index contributed by atoms with van der Waals surface area (Å²) in [6.07, 6.45) is 2.91. The highest BCUT2D eigenvalue weighted by atomic mass is 79.9. The number of halogens is 2. The first-order chi connectivity index (χ1) is 6.57. The lowest BCUT2D eigenvalue weighted by atomic mass is 10.3. The highest BCUT2D eigenvalue weighted by molar-refractivity contribution is 9.10. The molecule has 0 saturated heterocycles. The third kappa shape index (κ3) is 2.23. The molecule has 1 rings (SSSR count). The summed E-state index contributed by atoms with van der Waals surface area (Å²) >= 11 is 9.08. The Balaban J connectivity index is 3.07. The van der Waals surface area contributed by atoms with Gasteiger partial charge in [0.2, 0.25) is 0 Å². The van der Waals surface area contributed by atoms with Gasteiger partial charge in [-0.3, -0.25) is 14.6 Å². The van der Waals surface area contributed by atoms with E-state index in [1.807, 2.05) is 0 Å². The Morgan fingerprint density at radius 3 is 2.86 bits per heavy atom. The second kappa shape index (κ2) is 4.72. The van der Waals surface area contributed by atoms with Gasteiger partial charge in [0.15, 0.2) is 0 Å². The van der Waals surface area contributed by atoms with Crippen molar-refractivity contribution < 1.29 is 9.63 Å². The number of hydrogen-bond donors (Lipinski definition) is 0. The van der Waals surface area contributed by atoms with E-state index in [-0.39, 0.29) is 5.91 Å². The number of pyridine rings is 1. The Morgan fingerprint density at radius 2 is 2.29 bits per heavy atom. The lowest BCUT2D eigenvalue weighted by molar-refractivity contribution is -0.0757. The average Bonchev–Trinajstić information content (AvgIpc) is 2.20. The number of carbonyl (C=O) groups is 1. The third-order valence-corrected chi connectivity index (χ3v) is 2.86.